The molecule has 13 aromatic rings. The van der Waals surface area contributed by atoms with Crippen LogP contribution in [-0.2, 0) is 0 Å². The van der Waals surface area contributed by atoms with Crippen LogP contribution in [0, 0.1) is 5.82 Å². The van der Waals surface area contributed by atoms with Gasteiger partial charge in [-0.25, -0.2) is 4.39 Å². The molecule has 11 aromatic carbocycles. The number of aromatic nitrogens is 2. The molecule has 0 saturated heterocycles. The summed E-state index contributed by atoms with van der Waals surface area (Å²) in [7, 11) is 0. The van der Waals surface area contributed by atoms with Gasteiger partial charge in [-0.3, -0.25) is 0 Å². The lowest BCUT2D eigenvalue weighted by Crippen LogP contribution is -2.10. The van der Waals surface area contributed by atoms with Crippen LogP contribution in [0.15, 0.2) is 255 Å². The molecular weight excluding hydrogens is 830 g/mol. The van der Waals surface area contributed by atoms with Crippen LogP contribution in [0.2, 0.25) is 0 Å². The molecule has 68 heavy (non-hydrogen) atoms. The maximum atomic E-state index is 14.6. The Kier molecular flexibility index (Phi) is 9.36. The molecule has 0 saturated carbocycles. The van der Waals surface area contributed by atoms with Gasteiger partial charge in [-0.1, -0.05) is 176 Å². The Morgan fingerprint density at radius 3 is 1.71 bits per heavy atom. The highest BCUT2D eigenvalue weighted by Crippen LogP contribution is 2.47. The van der Waals surface area contributed by atoms with Crippen LogP contribution >= 0.6 is 0 Å². The Hall–Kier alpha value is -8.99. The van der Waals surface area contributed by atoms with E-state index in [9.17, 15) is 4.39 Å². The third kappa shape index (κ3) is 6.41. The average Bonchev–Trinajstić information content (AvgIpc) is 3.93. The molecule has 0 amide bonds. The van der Waals surface area contributed by atoms with E-state index in [0.717, 1.165) is 89.1 Å². The van der Waals surface area contributed by atoms with Crippen LogP contribution in [0.25, 0.3) is 99.1 Å². The SMILES string of the molecule is Fc1ccc(-n2c(-c3ccccc3)c(-c3ccccc3)c3ccc4c(-c5ccc(N(c6ccc7c(c6)c6ccccc6n7-c6ccccc6)c6cccc7ccccc67)cc5)cccc4c32)cc1. The minimum atomic E-state index is -0.263. The number of halogens is 1. The van der Waals surface area contributed by atoms with Crippen LogP contribution in [0.5, 0.6) is 0 Å². The molecule has 13 rings (SSSR count). The predicted octanol–water partition coefficient (Wildman–Crippen LogP) is 17.6. The summed E-state index contributed by atoms with van der Waals surface area (Å²) in [6, 6.07) is 89.7. The Labute approximate surface area is 393 Å². The third-order valence-electron chi connectivity index (χ3n) is 13.6. The fourth-order valence-corrected chi connectivity index (χ4v) is 10.6. The Bertz CT molecular complexity index is 4000. The standard InChI is InChI=1S/C64H42FN3/c65-47-32-36-50(37-33-47)68-63(46-19-6-2-7-20-46)62(45-17-4-1-5-18-45)57-40-39-54-52(26-15-27-56(54)64(57)68)44-30-34-49(35-31-44)66(59-29-14-21-43-16-10-11-24-53(43)59)51-38-41-61-58(42-51)55-25-12-13-28-60(55)67(61)48-22-8-3-9-23-48/h1-42H. The van der Waals surface area contributed by atoms with Crippen molar-refractivity contribution in [2.45, 2.75) is 0 Å². The first-order valence-electron chi connectivity index (χ1n) is 23.1. The van der Waals surface area contributed by atoms with Crippen molar-refractivity contribution in [1.29, 1.82) is 0 Å². The Balaban J connectivity index is 1.00. The summed E-state index contributed by atoms with van der Waals surface area (Å²) >= 11 is 0. The van der Waals surface area contributed by atoms with Crippen LogP contribution in [-0.4, -0.2) is 9.13 Å². The topological polar surface area (TPSA) is 13.1 Å². The number of para-hydroxylation sites is 2. The van der Waals surface area contributed by atoms with Gasteiger partial charge >= 0.3 is 0 Å². The molecular formula is C64H42FN3. The lowest BCUT2D eigenvalue weighted by atomic mass is 9.94. The highest BCUT2D eigenvalue weighted by molar-refractivity contribution is 6.18. The molecule has 320 valence electrons. The van der Waals surface area contributed by atoms with E-state index in [4.69, 9.17) is 0 Å². The smallest absolute Gasteiger partial charge is 0.123 e. The highest BCUT2D eigenvalue weighted by atomic mass is 19.1. The van der Waals surface area contributed by atoms with Crippen molar-refractivity contribution in [3.8, 4) is 44.9 Å². The van der Waals surface area contributed by atoms with Gasteiger partial charge in [-0.2, -0.15) is 0 Å². The number of fused-ring (bicyclic) bond motifs is 7. The van der Waals surface area contributed by atoms with E-state index >= 15 is 0 Å². The lowest BCUT2D eigenvalue weighted by Gasteiger charge is -2.27. The van der Waals surface area contributed by atoms with Gasteiger partial charge < -0.3 is 14.0 Å². The third-order valence-corrected chi connectivity index (χ3v) is 13.6. The zero-order valence-corrected chi connectivity index (χ0v) is 37.0. The average molecular weight is 872 g/mol. The number of hydrogen-bond donors (Lipinski definition) is 0. The van der Waals surface area contributed by atoms with E-state index in [1.165, 1.54) is 27.1 Å². The Morgan fingerprint density at radius 1 is 0.338 bits per heavy atom. The second-order valence-corrected chi connectivity index (χ2v) is 17.4. The molecule has 0 atom stereocenters. The summed E-state index contributed by atoms with van der Waals surface area (Å²) in [5.41, 5.74) is 15.4. The molecule has 2 aromatic heterocycles. The van der Waals surface area contributed by atoms with Gasteiger partial charge in [-0.05, 0) is 112 Å². The first-order valence-corrected chi connectivity index (χ1v) is 23.1. The summed E-state index contributed by atoms with van der Waals surface area (Å²) in [6.45, 7) is 0. The summed E-state index contributed by atoms with van der Waals surface area (Å²) in [5.74, 6) is -0.263. The maximum Gasteiger partial charge on any atom is 0.123 e. The van der Waals surface area contributed by atoms with Gasteiger partial charge in [0.05, 0.1) is 27.9 Å². The largest absolute Gasteiger partial charge is 0.310 e. The summed E-state index contributed by atoms with van der Waals surface area (Å²) < 4.78 is 19.3. The molecule has 0 N–H and O–H groups in total. The highest BCUT2D eigenvalue weighted by Gasteiger charge is 2.24. The first kappa shape index (κ1) is 39.4. The monoisotopic (exact) mass is 871 g/mol. The minimum absolute atomic E-state index is 0.263. The molecule has 0 fully saturated rings. The number of hydrogen-bond acceptors (Lipinski definition) is 1. The Morgan fingerprint density at radius 2 is 0.926 bits per heavy atom. The van der Waals surface area contributed by atoms with Crippen molar-refractivity contribution >= 4 is 71.3 Å². The van der Waals surface area contributed by atoms with Gasteiger partial charge in [0.15, 0.2) is 0 Å². The maximum absolute atomic E-state index is 14.6. The van der Waals surface area contributed by atoms with E-state index in [0.29, 0.717) is 0 Å². The van der Waals surface area contributed by atoms with Crippen molar-refractivity contribution in [1.82, 2.24) is 9.13 Å². The normalized spacial score (nSPS) is 11.6. The lowest BCUT2D eigenvalue weighted by molar-refractivity contribution is 0.627. The molecule has 3 nitrogen and oxygen atoms in total. The molecule has 0 bridgehead atoms. The fourth-order valence-electron chi connectivity index (χ4n) is 10.6. The van der Waals surface area contributed by atoms with Crippen molar-refractivity contribution < 1.29 is 4.39 Å². The predicted molar refractivity (Wildman–Crippen MR) is 284 cm³/mol. The molecule has 0 spiro atoms. The molecule has 0 unspecified atom stereocenters. The number of anilines is 3. The molecule has 0 radical (unpaired) electrons. The molecule has 0 aliphatic rings. The first-order chi connectivity index (χ1) is 33.7. The quantitative estimate of drug-likeness (QED) is 0.148. The number of rotatable bonds is 8. The van der Waals surface area contributed by atoms with E-state index < -0.39 is 0 Å². The van der Waals surface area contributed by atoms with Gasteiger partial charge in [0.1, 0.15) is 5.82 Å². The van der Waals surface area contributed by atoms with Crippen LogP contribution in [0.4, 0.5) is 21.5 Å². The summed E-state index contributed by atoms with van der Waals surface area (Å²) in [5, 5.41) is 8.16. The van der Waals surface area contributed by atoms with Gasteiger partial charge in [0.2, 0.25) is 0 Å². The molecule has 0 aliphatic heterocycles. The molecule has 0 aliphatic carbocycles. The number of benzene rings is 11. The summed E-state index contributed by atoms with van der Waals surface area (Å²) in [6.07, 6.45) is 0. The number of nitrogens with zero attached hydrogens (tertiary/aromatic N) is 3. The van der Waals surface area contributed by atoms with Crippen LogP contribution in [0.1, 0.15) is 0 Å². The van der Waals surface area contributed by atoms with E-state index in [1.807, 2.05) is 12.1 Å². The fraction of sp³-hybridized carbons (Fsp3) is 0. The van der Waals surface area contributed by atoms with Gasteiger partial charge in [-0.15, -0.1) is 0 Å². The minimum Gasteiger partial charge on any atom is -0.310 e. The second-order valence-electron chi connectivity index (χ2n) is 17.4. The van der Waals surface area contributed by atoms with E-state index in [1.54, 1.807) is 12.1 Å². The van der Waals surface area contributed by atoms with Crippen molar-refractivity contribution in [3.05, 3.63) is 261 Å². The second kappa shape index (κ2) is 16.2. The molecule has 4 heteroatoms. The van der Waals surface area contributed by atoms with E-state index in [-0.39, 0.29) is 5.82 Å². The zero-order chi connectivity index (χ0) is 45.1. The summed E-state index contributed by atoms with van der Waals surface area (Å²) in [4.78, 5) is 2.40. The van der Waals surface area contributed by atoms with Gasteiger partial charge in [0.25, 0.3) is 0 Å². The van der Waals surface area contributed by atoms with E-state index in [2.05, 4.69) is 245 Å². The van der Waals surface area contributed by atoms with Crippen molar-refractivity contribution in [3.63, 3.8) is 0 Å². The van der Waals surface area contributed by atoms with Crippen molar-refractivity contribution in [2.75, 3.05) is 4.90 Å². The van der Waals surface area contributed by atoms with Crippen LogP contribution < -0.4 is 4.90 Å². The van der Waals surface area contributed by atoms with Gasteiger partial charge in [0, 0.05) is 55.2 Å². The zero-order valence-electron chi connectivity index (χ0n) is 37.0. The molecule has 2 heterocycles. The van der Waals surface area contributed by atoms with Crippen molar-refractivity contribution in [2.24, 2.45) is 0 Å². The van der Waals surface area contributed by atoms with Crippen LogP contribution in [0.3, 0.4) is 0 Å².